The fourth-order valence-electron chi connectivity index (χ4n) is 4.04. The average molecular weight is 380 g/mol. The van der Waals surface area contributed by atoms with E-state index in [1.807, 2.05) is 37.3 Å². The summed E-state index contributed by atoms with van der Waals surface area (Å²) in [5.74, 6) is 0.141. The van der Waals surface area contributed by atoms with Gasteiger partial charge in [0.2, 0.25) is 15.9 Å². The van der Waals surface area contributed by atoms with Crippen LogP contribution in [0.3, 0.4) is 0 Å². The number of carbonyl (C=O) groups excluding carboxylic acids is 1. The molecule has 1 unspecified atom stereocenters. The molecular formula is C19H29N3O3S. The third-order valence-corrected chi connectivity index (χ3v) is 7.46. The molecule has 26 heavy (non-hydrogen) atoms. The Balaban J connectivity index is 1.71. The van der Waals surface area contributed by atoms with Crippen LogP contribution in [0.5, 0.6) is 0 Å². The lowest BCUT2D eigenvalue weighted by Gasteiger charge is -2.27. The van der Waals surface area contributed by atoms with Gasteiger partial charge in [0.05, 0.1) is 5.75 Å². The molecule has 3 atom stereocenters. The van der Waals surface area contributed by atoms with Crippen LogP contribution in [0.1, 0.15) is 44.1 Å². The minimum absolute atomic E-state index is 0.0866. The first-order chi connectivity index (χ1) is 12.4. The summed E-state index contributed by atoms with van der Waals surface area (Å²) in [6.45, 7) is 3.46. The minimum atomic E-state index is -3.37. The molecule has 1 aromatic rings. The van der Waals surface area contributed by atoms with Gasteiger partial charge in [0.25, 0.3) is 0 Å². The molecule has 6 nitrogen and oxygen atoms in total. The Bertz CT molecular complexity index is 723. The molecule has 2 N–H and O–H groups in total. The van der Waals surface area contributed by atoms with Crippen molar-refractivity contribution in [1.29, 1.82) is 0 Å². The number of amides is 1. The van der Waals surface area contributed by atoms with Crippen molar-refractivity contribution in [1.82, 2.24) is 9.21 Å². The maximum absolute atomic E-state index is 13.1. The summed E-state index contributed by atoms with van der Waals surface area (Å²) < 4.78 is 26.6. The highest BCUT2D eigenvalue weighted by atomic mass is 32.2. The molecule has 7 heteroatoms. The van der Waals surface area contributed by atoms with E-state index >= 15 is 0 Å². The molecule has 0 aromatic heterocycles. The first-order valence-electron chi connectivity index (χ1n) is 9.53. The molecule has 0 saturated carbocycles. The van der Waals surface area contributed by atoms with Crippen LogP contribution < -0.4 is 5.73 Å². The van der Waals surface area contributed by atoms with Crippen molar-refractivity contribution in [2.75, 3.05) is 25.4 Å². The summed E-state index contributed by atoms with van der Waals surface area (Å²) in [7, 11) is -3.37. The van der Waals surface area contributed by atoms with E-state index in [9.17, 15) is 13.2 Å². The van der Waals surface area contributed by atoms with Gasteiger partial charge in [-0.1, -0.05) is 43.7 Å². The lowest BCUT2D eigenvalue weighted by atomic mass is 9.95. The molecule has 2 aliphatic rings. The molecule has 2 fully saturated rings. The molecule has 3 rings (SSSR count). The Labute approximate surface area is 156 Å². The number of rotatable bonds is 6. The van der Waals surface area contributed by atoms with Gasteiger partial charge in [-0.15, -0.1) is 0 Å². The first-order valence-corrected chi connectivity index (χ1v) is 11.1. The summed E-state index contributed by atoms with van der Waals surface area (Å²) in [4.78, 5) is 14.8. The quantitative estimate of drug-likeness (QED) is 0.812. The highest BCUT2D eigenvalue weighted by Gasteiger charge is 2.43. The van der Waals surface area contributed by atoms with E-state index in [0.29, 0.717) is 32.5 Å². The van der Waals surface area contributed by atoms with Crippen LogP contribution >= 0.6 is 0 Å². The Morgan fingerprint density at radius 3 is 2.65 bits per heavy atom. The standard InChI is InChI=1S/C19H29N3O3S/c1-2-3-12-26(24,25)22-11-7-10-18(22)19(23)21-13-16(17(20)14-21)15-8-5-4-6-9-15/h4-6,8-9,16-18H,2-3,7,10-14,20H2,1H3/t16-,17+,18?/m0/s1. The maximum atomic E-state index is 13.1. The number of unbranched alkanes of at least 4 members (excludes halogenated alkanes) is 1. The van der Waals surface area contributed by atoms with Crippen LogP contribution in [-0.2, 0) is 14.8 Å². The predicted molar refractivity (Wildman–Crippen MR) is 102 cm³/mol. The van der Waals surface area contributed by atoms with E-state index in [1.54, 1.807) is 4.90 Å². The van der Waals surface area contributed by atoms with E-state index in [-0.39, 0.29) is 23.6 Å². The van der Waals surface area contributed by atoms with Crippen LogP contribution in [0, 0.1) is 0 Å². The van der Waals surface area contributed by atoms with Crippen LogP contribution in [0.25, 0.3) is 0 Å². The number of carbonyl (C=O) groups is 1. The number of nitrogens with two attached hydrogens (primary N) is 1. The number of nitrogens with zero attached hydrogens (tertiary/aromatic N) is 2. The van der Waals surface area contributed by atoms with Crippen LogP contribution in [0.15, 0.2) is 30.3 Å². The second-order valence-corrected chi connectivity index (χ2v) is 9.40. The van der Waals surface area contributed by atoms with Crippen LogP contribution in [-0.4, -0.2) is 61.0 Å². The zero-order valence-electron chi connectivity index (χ0n) is 15.4. The van der Waals surface area contributed by atoms with Gasteiger partial charge in [-0.05, 0) is 24.8 Å². The summed E-state index contributed by atoms with van der Waals surface area (Å²) in [5.41, 5.74) is 7.43. The summed E-state index contributed by atoms with van der Waals surface area (Å²) in [6, 6.07) is 9.32. The van der Waals surface area contributed by atoms with Crippen LogP contribution in [0.2, 0.25) is 0 Å². The van der Waals surface area contributed by atoms with E-state index < -0.39 is 16.1 Å². The third-order valence-electron chi connectivity index (χ3n) is 5.51. The van der Waals surface area contributed by atoms with E-state index in [2.05, 4.69) is 0 Å². The Morgan fingerprint density at radius 1 is 1.23 bits per heavy atom. The normalized spacial score (nSPS) is 27.2. The Morgan fingerprint density at radius 2 is 1.96 bits per heavy atom. The Kier molecular flexibility index (Phi) is 5.99. The van der Waals surface area contributed by atoms with Gasteiger partial charge in [-0.2, -0.15) is 4.31 Å². The topological polar surface area (TPSA) is 83.7 Å². The monoisotopic (exact) mass is 379 g/mol. The first kappa shape index (κ1) is 19.3. The van der Waals surface area contributed by atoms with Crippen LogP contribution in [0.4, 0.5) is 0 Å². The highest BCUT2D eigenvalue weighted by molar-refractivity contribution is 7.89. The van der Waals surface area contributed by atoms with E-state index in [4.69, 9.17) is 5.73 Å². The lowest BCUT2D eigenvalue weighted by Crippen LogP contribution is -2.48. The fourth-order valence-corrected chi connectivity index (χ4v) is 5.92. The summed E-state index contributed by atoms with van der Waals surface area (Å²) in [5, 5.41) is 0. The summed E-state index contributed by atoms with van der Waals surface area (Å²) >= 11 is 0. The van der Waals surface area contributed by atoms with Gasteiger partial charge in [0, 0.05) is 31.6 Å². The van der Waals surface area contributed by atoms with E-state index in [1.165, 1.54) is 4.31 Å². The molecular weight excluding hydrogens is 350 g/mol. The fraction of sp³-hybridized carbons (Fsp3) is 0.632. The Hall–Kier alpha value is -1.44. The van der Waals surface area contributed by atoms with Gasteiger partial charge >= 0.3 is 0 Å². The van der Waals surface area contributed by atoms with Gasteiger partial charge in [0.15, 0.2) is 0 Å². The zero-order chi connectivity index (χ0) is 18.7. The molecule has 2 aliphatic heterocycles. The van der Waals surface area contributed by atoms with Crippen molar-refractivity contribution < 1.29 is 13.2 Å². The van der Waals surface area contributed by atoms with Crippen molar-refractivity contribution >= 4 is 15.9 Å². The number of sulfonamides is 1. The molecule has 0 aliphatic carbocycles. The van der Waals surface area contributed by atoms with Gasteiger partial charge in [0.1, 0.15) is 6.04 Å². The molecule has 0 bridgehead atoms. The highest BCUT2D eigenvalue weighted by Crippen LogP contribution is 2.30. The van der Waals surface area contributed by atoms with Gasteiger partial charge in [-0.25, -0.2) is 8.42 Å². The van der Waals surface area contributed by atoms with Crippen molar-refractivity contribution in [3.63, 3.8) is 0 Å². The van der Waals surface area contributed by atoms with Crippen molar-refractivity contribution in [3.05, 3.63) is 35.9 Å². The molecule has 2 heterocycles. The minimum Gasteiger partial charge on any atom is -0.339 e. The molecule has 1 aromatic carbocycles. The van der Waals surface area contributed by atoms with Crippen molar-refractivity contribution in [2.45, 2.75) is 50.6 Å². The predicted octanol–water partition coefficient (Wildman–Crippen LogP) is 1.53. The van der Waals surface area contributed by atoms with Gasteiger partial charge < -0.3 is 10.6 Å². The molecule has 1 amide bonds. The van der Waals surface area contributed by atoms with Crippen molar-refractivity contribution in [2.24, 2.45) is 5.73 Å². The lowest BCUT2D eigenvalue weighted by molar-refractivity contribution is -0.133. The second-order valence-electron chi connectivity index (χ2n) is 7.36. The molecule has 0 radical (unpaired) electrons. The third kappa shape index (κ3) is 3.94. The van der Waals surface area contributed by atoms with Crippen molar-refractivity contribution in [3.8, 4) is 0 Å². The number of hydrogen-bond acceptors (Lipinski definition) is 4. The molecule has 0 spiro atoms. The zero-order valence-corrected chi connectivity index (χ0v) is 16.2. The number of hydrogen-bond donors (Lipinski definition) is 1. The largest absolute Gasteiger partial charge is 0.339 e. The summed E-state index contributed by atoms with van der Waals surface area (Å²) in [6.07, 6.45) is 2.80. The molecule has 2 saturated heterocycles. The van der Waals surface area contributed by atoms with Gasteiger partial charge in [-0.3, -0.25) is 4.79 Å². The maximum Gasteiger partial charge on any atom is 0.241 e. The molecule has 144 valence electrons. The smallest absolute Gasteiger partial charge is 0.241 e. The number of likely N-dealkylation sites (tertiary alicyclic amines) is 1. The second kappa shape index (κ2) is 8.06. The van der Waals surface area contributed by atoms with E-state index in [0.717, 1.165) is 18.4 Å². The average Bonchev–Trinajstić information content (AvgIpc) is 3.27. The number of benzene rings is 1. The SMILES string of the molecule is CCCCS(=O)(=O)N1CCCC1C(=O)N1C[C@@H](N)[C@H](c2ccccc2)C1.